The van der Waals surface area contributed by atoms with Crippen molar-refractivity contribution in [2.24, 2.45) is 0 Å². The number of aryl methyl sites for hydroxylation is 1. The molecule has 1 heterocycles. The zero-order valence-electron chi connectivity index (χ0n) is 16.0. The number of hydrogen-bond acceptors (Lipinski definition) is 6. The summed E-state index contributed by atoms with van der Waals surface area (Å²) < 4.78 is 10.5. The molecule has 1 aromatic heterocycles. The Morgan fingerprint density at radius 3 is 2.64 bits per heavy atom. The van der Waals surface area contributed by atoms with Crippen LogP contribution in [0.3, 0.4) is 0 Å². The fourth-order valence-electron chi connectivity index (χ4n) is 2.70. The summed E-state index contributed by atoms with van der Waals surface area (Å²) in [5, 5.41) is 5.99. The first kappa shape index (κ1) is 19.2. The van der Waals surface area contributed by atoms with E-state index in [0.29, 0.717) is 35.2 Å². The third kappa shape index (κ3) is 4.56. The molecule has 0 atom stereocenters. The van der Waals surface area contributed by atoms with Gasteiger partial charge in [0.05, 0.1) is 25.5 Å². The van der Waals surface area contributed by atoms with E-state index < -0.39 is 0 Å². The number of aromatic nitrogens is 2. The predicted octanol–water partition coefficient (Wildman–Crippen LogP) is 3.67. The number of methoxy groups -OCH3 is 2. The minimum absolute atomic E-state index is 0.276. The van der Waals surface area contributed by atoms with Crippen molar-refractivity contribution in [2.75, 3.05) is 24.9 Å². The van der Waals surface area contributed by atoms with Crippen molar-refractivity contribution < 1.29 is 14.3 Å². The highest BCUT2D eigenvalue weighted by Gasteiger charge is 2.13. The van der Waals surface area contributed by atoms with Gasteiger partial charge in [-0.1, -0.05) is 24.3 Å². The highest BCUT2D eigenvalue weighted by Crippen LogP contribution is 2.20. The molecule has 28 heavy (non-hydrogen) atoms. The van der Waals surface area contributed by atoms with Crippen LogP contribution in [0, 0.1) is 6.92 Å². The second-order valence-electron chi connectivity index (χ2n) is 6.04. The number of carbonyl (C=O) groups is 1. The SMILES string of the molecule is COc1cccc(NC(=O)c2cnc(NCc3ccccc3OC)nc2C)c1. The summed E-state index contributed by atoms with van der Waals surface area (Å²) in [6, 6.07) is 14.9. The van der Waals surface area contributed by atoms with Gasteiger partial charge in [-0.3, -0.25) is 4.79 Å². The van der Waals surface area contributed by atoms with Crippen LogP contribution >= 0.6 is 0 Å². The third-order valence-electron chi connectivity index (χ3n) is 4.18. The highest BCUT2D eigenvalue weighted by atomic mass is 16.5. The van der Waals surface area contributed by atoms with Crippen LogP contribution in [0.4, 0.5) is 11.6 Å². The molecule has 0 saturated carbocycles. The van der Waals surface area contributed by atoms with Gasteiger partial charge in [0.2, 0.25) is 5.95 Å². The van der Waals surface area contributed by atoms with Crippen molar-refractivity contribution in [1.29, 1.82) is 0 Å². The molecule has 0 bridgehead atoms. The number of hydrogen-bond donors (Lipinski definition) is 2. The maximum absolute atomic E-state index is 12.5. The summed E-state index contributed by atoms with van der Waals surface area (Å²) in [5.74, 6) is 1.63. The van der Waals surface area contributed by atoms with Crippen molar-refractivity contribution >= 4 is 17.5 Å². The molecule has 3 rings (SSSR count). The number of amides is 1. The van der Waals surface area contributed by atoms with Crippen molar-refractivity contribution in [3.63, 3.8) is 0 Å². The standard InChI is InChI=1S/C21H22N4O3/c1-14-18(20(26)25-16-8-6-9-17(11-16)27-2)13-23-21(24-14)22-12-15-7-4-5-10-19(15)28-3/h4-11,13H,12H2,1-3H3,(H,25,26)(H,22,23,24). The molecule has 0 aliphatic carbocycles. The van der Waals surface area contributed by atoms with E-state index in [-0.39, 0.29) is 5.91 Å². The van der Waals surface area contributed by atoms with Crippen molar-refractivity contribution in [1.82, 2.24) is 9.97 Å². The second-order valence-corrected chi connectivity index (χ2v) is 6.04. The molecule has 0 spiro atoms. The molecule has 3 aromatic rings. The van der Waals surface area contributed by atoms with Gasteiger partial charge < -0.3 is 20.1 Å². The molecule has 0 radical (unpaired) electrons. The van der Waals surface area contributed by atoms with Gasteiger partial charge in [0.1, 0.15) is 11.5 Å². The molecule has 0 aliphatic heterocycles. The summed E-state index contributed by atoms with van der Waals surface area (Å²) in [6.45, 7) is 2.29. The summed E-state index contributed by atoms with van der Waals surface area (Å²) >= 11 is 0. The van der Waals surface area contributed by atoms with Gasteiger partial charge in [-0.05, 0) is 25.1 Å². The van der Waals surface area contributed by atoms with E-state index in [1.54, 1.807) is 33.3 Å². The number of nitrogens with one attached hydrogen (secondary N) is 2. The molecule has 0 unspecified atom stereocenters. The quantitative estimate of drug-likeness (QED) is 0.653. The maximum Gasteiger partial charge on any atom is 0.259 e. The Hall–Kier alpha value is -3.61. The van der Waals surface area contributed by atoms with E-state index in [1.165, 1.54) is 6.20 Å². The van der Waals surface area contributed by atoms with Crippen LogP contribution < -0.4 is 20.1 Å². The van der Waals surface area contributed by atoms with Crippen molar-refractivity contribution in [3.05, 3.63) is 71.5 Å². The zero-order valence-corrected chi connectivity index (χ0v) is 16.0. The lowest BCUT2D eigenvalue weighted by atomic mass is 10.2. The summed E-state index contributed by atoms with van der Waals surface area (Å²) in [7, 11) is 3.21. The van der Waals surface area contributed by atoms with Crippen molar-refractivity contribution in [2.45, 2.75) is 13.5 Å². The summed E-state index contributed by atoms with van der Waals surface area (Å²) in [5.41, 5.74) is 2.62. The average molecular weight is 378 g/mol. The number of carbonyl (C=O) groups excluding carboxylic acids is 1. The van der Waals surface area contributed by atoms with E-state index in [9.17, 15) is 4.79 Å². The first-order chi connectivity index (χ1) is 13.6. The Bertz CT molecular complexity index is 975. The van der Waals surface area contributed by atoms with Gasteiger partial charge in [0.15, 0.2) is 0 Å². The topological polar surface area (TPSA) is 85.4 Å². The molecular formula is C21H22N4O3. The van der Waals surface area contributed by atoms with E-state index in [2.05, 4.69) is 20.6 Å². The average Bonchev–Trinajstić information content (AvgIpc) is 2.72. The van der Waals surface area contributed by atoms with E-state index in [1.807, 2.05) is 36.4 Å². The van der Waals surface area contributed by atoms with Gasteiger partial charge in [-0.2, -0.15) is 0 Å². The smallest absolute Gasteiger partial charge is 0.259 e. The minimum atomic E-state index is -0.276. The largest absolute Gasteiger partial charge is 0.497 e. The fraction of sp³-hybridized carbons (Fsp3) is 0.190. The van der Waals surface area contributed by atoms with Gasteiger partial charge >= 0.3 is 0 Å². The van der Waals surface area contributed by atoms with Gasteiger partial charge in [0.25, 0.3) is 5.91 Å². The zero-order chi connectivity index (χ0) is 19.9. The molecule has 7 heteroatoms. The van der Waals surface area contributed by atoms with Crippen LogP contribution in [0.25, 0.3) is 0 Å². The van der Waals surface area contributed by atoms with Gasteiger partial charge in [0, 0.05) is 30.1 Å². The monoisotopic (exact) mass is 378 g/mol. The Balaban J connectivity index is 1.68. The Labute approximate surface area is 163 Å². The first-order valence-corrected chi connectivity index (χ1v) is 8.75. The van der Waals surface area contributed by atoms with E-state index in [0.717, 1.165) is 11.3 Å². The Kier molecular flexibility index (Phi) is 6.06. The van der Waals surface area contributed by atoms with Crippen LogP contribution in [-0.4, -0.2) is 30.1 Å². The lowest BCUT2D eigenvalue weighted by molar-refractivity contribution is 0.102. The van der Waals surface area contributed by atoms with E-state index >= 15 is 0 Å². The highest BCUT2D eigenvalue weighted by molar-refractivity contribution is 6.04. The summed E-state index contributed by atoms with van der Waals surface area (Å²) in [4.78, 5) is 21.2. The van der Waals surface area contributed by atoms with Crippen LogP contribution in [0.5, 0.6) is 11.5 Å². The molecule has 0 saturated heterocycles. The predicted molar refractivity (Wildman–Crippen MR) is 108 cm³/mol. The molecule has 2 aromatic carbocycles. The number of nitrogens with zero attached hydrogens (tertiary/aromatic N) is 2. The van der Waals surface area contributed by atoms with Gasteiger partial charge in [-0.25, -0.2) is 9.97 Å². The van der Waals surface area contributed by atoms with Crippen LogP contribution in [0.1, 0.15) is 21.6 Å². The number of rotatable bonds is 7. The number of ether oxygens (including phenoxy) is 2. The van der Waals surface area contributed by atoms with Gasteiger partial charge in [-0.15, -0.1) is 0 Å². The van der Waals surface area contributed by atoms with Crippen LogP contribution in [0.15, 0.2) is 54.7 Å². The molecule has 1 amide bonds. The van der Waals surface area contributed by atoms with Crippen molar-refractivity contribution in [3.8, 4) is 11.5 Å². The van der Waals surface area contributed by atoms with E-state index in [4.69, 9.17) is 9.47 Å². The third-order valence-corrected chi connectivity index (χ3v) is 4.18. The fourth-order valence-corrected chi connectivity index (χ4v) is 2.70. The lowest BCUT2D eigenvalue weighted by Crippen LogP contribution is -2.16. The molecule has 0 aliphatic rings. The molecule has 7 nitrogen and oxygen atoms in total. The maximum atomic E-state index is 12.5. The Morgan fingerprint density at radius 2 is 1.89 bits per heavy atom. The number of benzene rings is 2. The molecule has 2 N–H and O–H groups in total. The number of para-hydroxylation sites is 1. The second kappa shape index (κ2) is 8.85. The lowest BCUT2D eigenvalue weighted by Gasteiger charge is -2.11. The van der Waals surface area contributed by atoms with Crippen LogP contribution in [-0.2, 0) is 6.54 Å². The normalized spacial score (nSPS) is 10.2. The van der Waals surface area contributed by atoms with Crippen LogP contribution in [0.2, 0.25) is 0 Å². The molecular weight excluding hydrogens is 356 g/mol. The Morgan fingerprint density at radius 1 is 1.07 bits per heavy atom. The first-order valence-electron chi connectivity index (χ1n) is 8.75. The summed E-state index contributed by atoms with van der Waals surface area (Å²) in [6.07, 6.45) is 1.52. The number of anilines is 2. The minimum Gasteiger partial charge on any atom is -0.497 e. The molecule has 0 fully saturated rings. The molecule has 144 valence electrons.